The fourth-order valence-electron chi connectivity index (χ4n) is 3.30. The van der Waals surface area contributed by atoms with Crippen LogP contribution in [0.4, 0.5) is 0 Å². The Balaban J connectivity index is 1.64. The summed E-state index contributed by atoms with van der Waals surface area (Å²) >= 11 is 0. The van der Waals surface area contributed by atoms with Gasteiger partial charge in [0.1, 0.15) is 18.5 Å². The summed E-state index contributed by atoms with van der Waals surface area (Å²) in [6.45, 7) is 2.50. The smallest absolute Gasteiger partial charge is 0.219 e. The third kappa shape index (κ3) is 3.64. The van der Waals surface area contributed by atoms with Gasteiger partial charge in [-0.2, -0.15) is 0 Å². The third-order valence-electron chi connectivity index (χ3n) is 4.54. The Kier molecular flexibility index (Phi) is 4.82. The average Bonchev–Trinajstić information content (AvgIpc) is 2.59. The first-order valence-corrected chi connectivity index (χ1v) is 8.22. The van der Waals surface area contributed by atoms with Crippen LogP contribution in [0.25, 0.3) is 10.8 Å². The van der Waals surface area contributed by atoms with Gasteiger partial charge in [0.15, 0.2) is 0 Å². The van der Waals surface area contributed by atoms with Crippen molar-refractivity contribution in [2.24, 2.45) is 0 Å². The van der Waals surface area contributed by atoms with Crippen LogP contribution in [0, 0.1) is 0 Å². The van der Waals surface area contributed by atoms with Crippen molar-refractivity contribution in [2.45, 2.75) is 38.3 Å². The number of carbonyl (C=O) groups is 1. The molecule has 4 heteroatoms. The summed E-state index contributed by atoms with van der Waals surface area (Å²) in [6, 6.07) is 13.9. The molecule has 0 aromatic heterocycles. The Hall–Kier alpha value is -2.07. The Morgan fingerprint density at radius 1 is 1.26 bits per heavy atom. The lowest BCUT2D eigenvalue weighted by molar-refractivity contribution is -0.136. The number of aliphatic hydroxyl groups is 1. The highest BCUT2D eigenvalue weighted by Gasteiger charge is 2.30. The number of rotatable bonds is 4. The van der Waals surface area contributed by atoms with Gasteiger partial charge in [-0.15, -0.1) is 0 Å². The van der Waals surface area contributed by atoms with E-state index in [0.29, 0.717) is 0 Å². The summed E-state index contributed by atoms with van der Waals surface area (Å²) in [5.74, 6) is 0.771. The number of amides is 1. The molecule has 23 heavy (non-hydrogen) atoms. The molecule has 0 saturated carbocycles. The van der Waals surface area contributed by atoms with E-state index in [1.165, 1.54) is 0 Å². The van der Waals surface area contributed by atoms with E-state index < -0.39 is 6.10 Å². The van der Waals surface area contributed by atoms with Gasteiger partial charge in [-0.25, -0.2) is 0 Å². The molecule has 1 N–H and O–H groups in total. The molecule has 1 aliphatic heterocycles. The maximum atomic E-state index is 11.7. The minimum Gasteiger partial charge on any atom is -0.491 e. The fourth-order valence-corrected chi connectivity index (χ4v) is 3.30. The first-order chi connectivity index (χ1) is 11.1. The van der Waals surface area contributed by atoms with Crippen LogP contribution in [0.15, 0.2) is 42.5 Å². The first kappa shape index (κ1) is 15.8. The van der Waals surface area contributed by atoms with Gasteiger partial charge in [0, 0.05) is 13.5 Å². The standard InChI is InChI=1S/C19H23NO3/c1-14(21)20-11-5-4-8-18(20)19(22)13-23-17-10-9-15-6-2-3-7-16(15)12-17/h2-3,6-7,9-10,12,18-19,22H,4-5,8,11,13H2,1H3. The van der Waals surface area contributed by atoms with Crippen LogP contribution < -0.4 is 4.74 Å². The molecule has 1 fully saturated rings. The van der Waals surface area contributed by atoms with Crippen molar-refractivity contribution in [2.75, 3.05) is 13.2 Å². The number of benzene rings is 2. The number of ether oxygens (including phenoxy) is 1. The maximum absolute atomic E-state index is 11.7. The quantitative estimate of drug-likeness (QED) is 0.944. The van der Waals surface area contributed by atoms with Crippen LogP contribution in [-0.4, -0.2) is 41.2 Å². The Morgan fingerprint density at radius 2 is 2.04 bits per heavy atom. The average molecular weight is 313 g/mol. The van der Waals surface area contributed by atoms with Crippen LogP contribution in [0.3, 0.4) is 0 Å². The lowest BCUT2D eigenvalue weighted by atomic mass is 9.97. The van der Waals surface area contributed by atoms with Crippen molar-refractivity contribution in [3.63, 3.8) is 0 Å². The van der Waals surface area contributed by atoms with Crippen molar-refractivity contribution in [1.82, 2.24) is 4.90 Å². The lowest BCUT2D eigenvalue weighted by Crippen LogP contribution is -2.50. The zero-order chi connectivity index (χ0) is 16.2. The highest BCUT2D eigenvalue weighted by Crippen LogP contribution is 2.23. The molecule has 122 valence electrons. The van der Waals surface area contributed by atoms with Gasteiger partial charge in [-0.1, -0.05) is 30.3 Å². The fraction of sp³-hybridized carbons (Fsp3) is 0.421. The topological polar surface area (TPSA) is 49.8 Å². The normalized spacial score (nSPS) is 19.6. The van der Waals surface area contributed by atoms with Crippen LogP contribution in [-0.2, 0) is 4.79 Å². The molecule has 1 amide bonds. The minimum absolute atomic E-state index is 0.0273. The molecule has 0 radical (unpaired) electrons. The van der Waals surface area contributed by atoms with Gasteiger partial charge in [0.25, 0.3) is 0 Å². The summed E-state index contributed by atoms with van der Waals surface area (Å²) in [5.41, 5.74) is 0. The number of piperidine rings is 1. The second kappa shape index (κ2) is 7.01. The SMILES string of the molecule is CC(=O)N1CCCCC1C(O)COc1ccc2ccccc2c1. The van der Waals surface area contributed by atoms with Crippen molar-refractivity contribution in [3.8, 4) is 5.75 Å². The van der Waals surface area contributed by atoms with Crippen molar-refractivity contribution in [1.29, 1.82) is 0 Å². The van der Waals surface area contributed by atoms with E-state index in [4.69, 9.17) is 4.74 Å². The summed E-state index contributed by atoms with van der Waals surface area (Å²) in [7, 11) is 0. The Morgan fingerprint density at radius 3 is 2.83 bits per heavy atom. The minimum atomic E-state index is -0.661. The second-order valence-electron chi connectivity index (χ2n) is 6.16. The van der Waals surface area contributed by atoms with Gasteiger partial charge in [-0.3, -0.25) is 4.79 Å². The predicted molar refractivity (Wildman–Crippen MR) is 90.5 cm³/mol. The van der Waals surface area contributed by atoms with Gasteiger partial charge >= 0.3 is 0 Å². The highest BCUT2D eigenvalue weighted by molar-refractivity contribution is 5.83. The van der Waals surface area contributed by atoms with Gasteiger partial charge in [0.05, 0.1) is 6.04 Å². The number of fused-ring (bicyclic) bond motifs is 1. The monoisotopic (exact) mass is 313 g/mol. The summed E-state index contributed by atoms with van der Waals surface area (Å²) in [5, 5.41) is 12.7. The second-order valence-corrected chi connectivity index (χ2v) is 6.16. The van der Waals surface area contributed by atoms with Crippen molar-refractivity contribution >= 4 is 16.7 Å². The number of aliphatic hydroxyl groups excluding tert-OH is 1. The number of nitrogens with zero attached hydrogens (tertiary/aromatic N) is 1. The molecule has 0 bridgehead atoms. The van der Waals surface area contributed by atoms with Gasteiger partial charge in [-0.05, 0) is 42.2 Å². The van der Waals surface area contributed by atoms with Crippen molar-refractivity contribution in [3.05, 3.63) is 42.5 Å². The predicted octanol–water partition coefficient (Wildman–Crippen LogP) is 2.98. The number of carbonyl (C=O) groups excluding carboxylic acids is 1. The molecule has 0 aliphatic carbocycles. The Bertz CT molecular complexity index is 685. The lowest BCUT2D eigenvalue weighted by Gasteiger charge is -2.37. The Labute approximate surface area is 136 Å². The molecule has 4 nitrogen and oxygen atoms in total. The van der Waals surface area contributed by atoms with Gasteiger partial charge in [0.2, 0.25) is 5.91 Å². The van der Waals surface area contributed by atoms with Crippen LogP contribution in [0.5, 0.6) is 5.75 Å². The zero-order valence-corrected chi connectivity index (χ0v) is 13.4. The van der Waals surface area contributed by atoms with E-state index in [0.717, 1.165) is 42.3 Å². The largest absolute Gasteiger partial charge is 0.491 e. The summed E-state index contributed by atoms with van der Waals surface area (Å²) < 4.78 is 5.77. The zero-order valence-electron chi connectivity index (χ0n) is 13.4. The van der Waals surface area contributed by atoms with Crippen molar-refractivity contribution < 1.29 is 14.6 Å². The molecule has 1 aliphatic rings. The van der Waals surface area contributed by atoms with E-state index >= 15 is 0 Å². The molecule has 2 aromatic carbocycles. The van der Waals surface area contributed by atoms with Crippen LogP contribution >= 0.6 is 0 Å². The van der Waals surface area contributed by atoms with Crippen LogP contribution in [0.2, 0.25) is 0 Å². The van der Waals surface area contributed by atoms with Crippen LogP contribution in [0.1, 0.15) is 26.2 Å². The van der Waals surface area contributed by atoms with E-state index in [1.54, 1.807) is 11.8 Å². The molecule has 2 unspecified atom stereocenters. The maximum Gasteiger partial charge on any atom is 0.219 e. The molecular formula is C19H23NO3. The third-order valence-corrected chi connectivity index (χ3v) is 4.54. The first-order valence-electron chi connectivity index (χ1n) is 8.22. The number of hydrogen-bond donors (Lipinski definition) is 1. The molecular weight excluding hydrogens is 290 g/mol. The molecule has 1 saturated heterocycles. The molecule has 0 spiro atoms. The summed E-state index contributed by atoms with van der Waals surface area (Å²) in [4.78, 5) is 13.5. The molecule has 2 atom stereocenters. The van der Waals surface area contributed by atoms with E-state index in [1.807, 2.05) is 36.4 Å². The van der Waals surface area contributed by atoms with E-state index in [2.05, 4.69) is 6.07 Å². The van der Waals surface area contributed by atoms with E-state index in [9.17, 15) is 9.90 Å². The number of hydrogen-bond acceptors (Lipinski definition) is 3. The summed E-state index contributed by atoms with van der Waals surface area (Å²) in [6.07, 6.45) is 2.23. The highest BCUT2D eigenvalue weighted by atomic mass is 16.5. The van der Waals surface area contributed by atoms with E-state index in [-0.39, 0.29) is 18.6 Å². The number of likely N-dealkylation sites (tertiary alicyclic amines) is 1. The molecule has 1 heterocycles. The molecule has 2 aromatic rings. The molecule has 3 rings (SSSR count). The van der Waals surface area contributed by atoms with Gasteiger partial charge < -0.3 is 14.7 Å².